The molecule has 0 saturated carbocycles. The van der Waals surface area contributed by atoms with E-state index in [2.05, 4.69) is 17.4 Å². The van der Waals surface area contributed by atoms with E-state index in [1.54, 1.807) is 7.11 Å². The Morgan fingerprint density at radius 1 is 1.25 bits per heavy atom. The number of benzene rings is 1. The second kappa shape index (κ2) is 8.38. The Morgan fingerprint density at radius 2 is 2.00 bits per heavy atom. The first-order valence-corrected chi connectivity index (χ1v) is 9.00. The number of likely N-dealkylation sites (tertiary alicyclic amines) is 1. The first kappa shape index (κ1) is 17.1. The topological polar surface area (TPSA) is 50.8 Å². The molecule has 0 radical (unpaired) electrons. The zero-order valence-electron chi connectivity index (χ0n) is 14.5. The molecule has 3 rings (SSSR count). The van der Waals surface area contributed by atoms with Gasteiger partial charge in [0, 0.05) is 32.3 Å². The molecule has 0 aromatic heterocycles. The molecular formula is C19H28N2O3. The van der Waals surface area contributed by atoms with Crippen LogP contribution in [0.2, 0.25) is 0 Å². The minimum Gasteiger partial charge on any atom is -0.497 e. The third kappa shape index (κ3) is 4.63. The molecule has 0 aliphatic carbocycles. The number of nitrogens with one attached hydrogen (secondary N) is 1. The predicted molar refractivity (Wildman–Crippen MR) is 93.4 cm³/mol. The van der Waals surface area contributed by atoms with Crippen molar-refractivity contribution < 1.29 is 14.3 Å². The molecule has 5 heteroatoms. The highest BCUT2D eigenvalue weighted by Crippen LogP contribution is 2.23. The molecule has 2 heterocycles. The summed E-state index contributed by atoms with van der Waals surface area (Å²) in [4.78, 5) is 14.3. The maximum absolute atomic E-state index is 12.4. The van der Waals surface area contributed by atoms with Crippen molar-refractivity contribution in [3.63, 3.8) is 0 Å². The summed E-state index contributed by atoms with van der Waals surface area (Å²) in [6, 6.07) is 8.68. The normalized spacial score (nSPS) is 20.0. The lowest BCUT2D eigenvalue weighted by molar-refractivity contribution is 0.0771. The van der Waals surface area contributed by atoms with Gasteiger partial charge in [-0.3, -0.25) is 0 Å². The Balaban J connectivity index is 1.44. The molecule has 0 spiro atoms. The first-order chi connectivity index (χ1) is 11.7. The molecule has 24 heavy (non-hydrogen) atoms. The predicted octanol–water partition coefficient (Wildman–Crippen LogP) is 2.84. The van der Waals surface area contributed by atoms with Crippen molar-refractivity contribution in [3.8, 4) is 5.75 Å². The van der Waals surface area contributed by atoms with Crippen LogP contribution in [0.3, 0.4) is 0 Å². The highest BCUT2D eigenvalue weighted by molar-refractivity contribution is 5.74. The summed E-state index contributed by atoms with van der Waals surface area (Å²) in [6.45, 7) is 3.22. The molecule has 0 bridgehead atoms. The average molecular weight is 332 g/mol. The second-order valence-electron chi connectivity index (χ2n) is 6.82. The number of piperidine rings is 1. The van der Waals surface area contributed by atoms with Crippen LogP contribution in [0.15, 0.2) is 24.3 Å². The van der Waals surface area contributed by atoms with Gasteiger partial charge in [-0.25, -0.2) is 4.79 Å². The number of rotatable bonds is 4. The van der Waals surface area contributed by atoms with E-state index in [1.165, 1.54) is 5.56 Å². The Hall–Kier alpha value is -1.75. The second-order valence-corrected chi connectivity index (χ2v) is 6.82. The van der Waals surface area contributed by atoms with Crippen molar-refractivity contribution in [3.05, 3.63) is 29.8 Å². The van der Waals surface area contributed by atoms with Crippen LogP contribution in [0.1, 0.15) is 31.2 Å². The van der Waals surface area contributed by atoms with E-state index in [0.29, 0.717) is 5.92 Å². The number of urea groups is 1. The van der Waals surface area contributed by atoms with Crippen molar-refractivity contribution in [1.29, 1.82) is 0 Å². The van der Waals surface area contributed by atoms with E-state index in [4.69, 9.17) is 9.47 Å². The highest BCUT2D eigenvalue weighted by atomic mass is 16.5. The van der Waals surface area contributed by atoms with Crippen molar-refractivity contribution in [2.24, 2.45) is 5.92 Å². The molecule has 0 atom stereocenters. The van der Waals surface area contributed by atoms with Crippen LogP contribution >= 0.6 is 0 Å². The molecule has 2 aliphatic heterocycles. The van der Waals surface area contributed by atoms with Gasteiger partial charge in [0.25, 0.3) is 0 Å². The standard InChI is InChI=1S/C19H28N2O3/c1-23-18-4-2-3-16(14-18)13-15-5-9-21(10-6-15)19(22)20-17-7-11-24-12-8-17/h2-4,14-15,17H,5-13H2,1H3,(H,20,22). The van der Waals surface area contributed by atoms with E-state index >= 15 is 0 Å². The number of nitrogens with zero attached hydrogens (tertiary/aromatic N) is 1. The third-order valence-electron chi connectivity index (χ3n) is 5.11. The van der Waals surface area contributed by atoms with E-state index < -0.39 is 0 Å². The van der Waals surface area contributed by atoms with Crippen LogP contribution in [-0.2, 0) is 11.2 Å². The minimum atomic E-state index is 0.0988. The number of carbonyl (C=O) groups excluding carboxylic acids is 1. The molecule has 132 valence electrons. The maximum Gasteiger partial charge on any atom is 0.317 e. The molecule has 2 aliphatic rings. The fraction of sp³-hybridized carbons (Fsp3) is 0.632. The van der Waals surface area contributed by atoms with Gasteiger partial charge in [0.15, 0.2) is 0 Å². The first-order valence-electron chi connectivity index (χ1n) is 9.00. The van der Waals surface area contributed by atoms with Gasteiger partial charge in [0.1, 0.15) is 5.75 Å². The summed E-state index contributed by atoms with van der Waals surface area (Å²) < 4.78 is 10.6. The zero-order valence-corrected chi connectivity index (χ0v) is 14.5. The molecule has 2 fully saturated rings. The molecule has 5 nitrogen and oxygen atoms in total. The molecule has 2 amide bonds. The van der Waals surface area contributed by atoms with E-state index in [1.807, 2.05) is 17.0 Å². The monoisotopic (exact) mass is 332 g/mol. The van der Waals surface area contributed by atoms with Gasteiger partial charge in [-0.1, -0.05) is 12.1 Å². The maximum atomic E-state index is 12.4. The third-order valence-corrected chi connectivity index (χ3v) is 5.11. The number of carbonyl (C=O) groups is 1. The lowest BCUT2D eigenvalue weighted by atomic mass is 9.90. The van der Waals surface area contributed by atoms with Gasteiger partial charge < -0.3 is 19.7 Å². The molecule has 1 aromatic rings. The summed E-state index contributed by atoms with van der Waals surface area (Å²) in [7, 11) is 1.70. The number of amides is 2. The van der Waals surface area contributed by atoms with Crippen LogP contribution in [-0.4, -0.2) is 50.4 Å². The van der Waals surface area contributed by atoms with E-state index in [0.717, 1.165) is 64.2 Å². The summed E-state index contributed by atoms with van der Waals surface area (Å²) in [5.74, 6) is 1.56. The quantitative estimate of drug-likeness (QED) is 0.922. The molecule has 1 N–H and O–H groups in total. The molecule has 1 aromatic carbocycles. The summed E-state index contributed by atoms with van der Waals surface area (Å²) in [5.41, 5.74) is 1.32. The zero-order chi connectivity index (χ0) is 16.8. The summed E-state index contributed by atoms with van der Waals surface area (Å²) in [6.07, 6.45) is 5.06. The van der Waals surface area contributed by atoms with Crippen molar-refractivity contribution >= 4 is 6.03 Å². The number of hydrogen-bond donors (Lipinski definition) is 1. The molecular weight excluding hydrogens is 304 g/mol. The lowest BCUT2D eigenvalue weighted by Crippen LogP contribution is -2.49. The largest absolute Gasteiger partial charge is 0.497 e. The van der Waals surface area contributed by atoms with Crippen LogP contribution in [0.4, 0.5) is 4.79 Å². The van der Waals surface area contributed by atoms with Crippen molar-refractivity contribution in [2.75, 3.05) is 33.4 Å². The lowest BCUT2D eigenvalue weighted by Gasteiger charge is -2.34. The van der Waals surface area contributed by atoms with Gasteiger partial charge >= 0.3 is 6.03 Å². The van der Waals surface area contributed by atoms with Gasteiger partial charge in [0.2, 0.25) is 0 Å². The van der Waals surface area contributed by atoms with E-state index in [9.17, 15) is 4.79 Å². The van der Waals surface area contributed by atoms with Crippen molar-refractivity contribution in [2.45, 2.75) is 38.1 Å². The van der Waals surface area contributed by atoms with Gasteiger partial charge in [-0.05, 0) is 55.7 Å². The Kier molecular flexibility index (Phi) is 5.96. The minimum absolute atomic E-state index is 0.0988. The molecule has 0 unspecified atom stereocenters. The van der Waals surface area contributed by atoms with Crippen LogP contribution < -0.4 is 10.1 Å². The Labute approximate surface area is 144 Å². The van der Waals surface area contributed by atoms with Crippen LogP contribution in [0, 0.1) is 5.92 Å². The average Bonchev–Trinajstić information content (AvgIpc) is 2.63. The summed E-state index contributed by atoms with van der Waals surface area (Å²) in [5, 5.41) is 3.16. The Morgan fingerprint density at radius 3 is 2.71 bits per heavy atom. The van der Waals surface area contributed by atoms with Crippen LogP contribution in [0.5, 0.6) is 5.75 Å². The fourth-order valence-corrected chi connectivity index (χ4v) is 3.58. The molecule has 2 saturated heterocycles. The van der Waals surface area contributed by atoms with Crippen LogP contribution in [0.25, 0.3) is 0 Å². The SMILES string of the molecule is COc1cccc(CC2CCN(C(=O)NC3CCOCC3)CC2)c1. The van der Waals surface area contributed by atoms with Gasteiger partial charge in [-0.2, -0.15) is 0 Å². The summed E-state index contributed by atoms with van der Waals surface area (Å²) >= 11 is 0. The van der Waals surface area contributed by atoms with Gasteiger partial charge in [0.05, 0.1) is 7.11 Å². The highest BCUT2D eigenvalue weighted by Gasteiger charge is 2.25. The van der Waals surface area contributed by atoms with E-state index in [-0.39, 0.29) is 12.1 Å². The fourth-order valence-electron chi connectivity index (χ4n) is 3.58. The number of methoxy groups -OCH3 is 1. The van der Waals surface area contributed by atoms with Gasteiger partial charge in [-0.15, -0.1) is 0 Å². The smallest absolute Gasteiger partial charge is 0.317 e. The van der Waals surface area contributed by atoms with Crippen molar-refractivity contribution in [1.82, 2.24) is 10.2 Å². The number of ether oxygens (including phenoxy) is 2. The number of hydrogen-bond acceptors (Lipinski definition) is 3. The Bertz CT molecular complexity index is 535.